The minimum Gasteiger partial charge on any atom is -0.441 e. The minimum absolute atomic E-state index is 0.0722. The van der Waals surface area contributed by atoms with E-state index in [-0.39, 0.29) is 18.2 Å². The predicted molar refractivity (Wildman–Crippen MR) is 92.5 cm³/mol. The number of hydrogen-bond acceptors (Lipinski definition) is 6. The summed E-state index contributed by atoms with van der Waals surface area (Å²) in [4.78, 5) is 18.3. The first-order valence-electron chi connectivity index (χ1n) is 7.57. The minimum atomic E-state index is -3.41. The van der Waals surface area contributed by atoms with Crippen molar-refractivity contribution in [1.82, 2.24) is 9.88 Å². The lowest BCUT2D eigenvalue weighted by Gasteiger charge is -2.26. The molecule has 0 aliphatic carbocycles. The molecule has 3 heterocycles. The zero-order chi connectivity index (χ0) is 17.6. The third kappa shape index (κ3) is 3.05. The van der Waals surface area contributed by atoms with Crippen LogP contribution in [-0.2, 0) is 14.8 Å². The van der Waals surface area contributed by atoms with Gasteiger partial charge in [0.25, 0.3) is 15.9 Å². The van der Waals surface area contributed by atoms with Crippen molar-refractivity contribution in [3.63, 3.8) is 0 Å². The van der Waals surface area contributed by atoms with Crippen molar-refractivity contribution >= 4 is 38.6 Å². The van der Waals surface area contributed by atoms with Crippen LogP contribution in [0, 0.1) is 6.92 Å². The maximum atomic E-state index is 12.4. The van der Waals surface area contributed by atoms with Gasteiger partial charge in [-0.3, -0.25) is 4.79 Å². The molecular weight excluding hydrogens is 344 g/mol. The monoisotopic (exact) mass is 358 g/mol. The number of amidine groups is 1. The Balaban J connectivity index is 1.55. The molecule has 1 aromatic heterocycles. The van der Waals surface area contributed by atoms with Gasteiger partial charge in [-0.25, -0.2) is 13.4 Å². The van der Waals surface area contributed by atoms with Gasteiger partial charge in [-0.15, -0.1) is 4.40 Å². The normalized spacial score (nSPS) is 18.5. The van der Waals surface area contributed by atoms with Crippen LogP contribution in [0.15, 0.2) is 50.9 Å². The highest BCUT2D eigenvalue weighted by Gasteiger charge is 2.25. The maximum Gasteiger partial charge on any atom is 0.257 e. The Hall–Kier alpha value is -2.94. The second-order valence-electron chi connectivity index (χ2n) is 5.72. The zero-order valence-corrected chi connectivity index (χ0v) is 14.1. The SMILES string of the molecule is Cc1nc2ccc(NC(=O)C3=CN4CCS(=O)(=O)N=C4C=C3)cc2o1. The zero-order valence-electron chi connectivity index (χ0n) is 13.3. The van der Waals surface area contributed by atoms with Crippen LogP contribution in [0.2, 0.25) is 0 Å². The molecular formula is C16H14N4O4S. The fraction of sp³-hybridized carbons (Fsp3) is 0.188. The van der Waals surface area contributed by atoms with E-state index in [1.165, 1.54) is 6.08 Å². The van der Waals surface area contributed by atoms with E-state index in [9.17, 15) is 13.2 Å². The summed E-state index contributed by atoms with van der Waals surface area (Å²) in [6.07, 6.45) is 4.66. The average molecular weight is 358 g/mol. The van der Waals surface area contributed by atoms with Gasteiger partial charge >= 0.3 is 0 Å². The second-order valence-corrected chi connectivity index (χ2v) is 7.47. The summed E-state index contributed by atoms with van der Waals surface area (Å²) in [7, 11) is -3.41. The van der Waals surface area contributed by atoms with Gasteiger partial charge in [0.15, 0.2) is 11.5 Å². The molecule has 2 aliphatic heterocycles. The number of fused-ring (bicyclic) bond motifs is 2. The molecule has 2 aliphatic rings. The Morgan fingerprint density at radius 2 is 2.16 bits per heavy atom. The van der Waals surface area contributed by atoms with Crippen LogP contribution in [0.1, 0.15) is 5.89 Å². The summed E-state index contributed by atoms with van der Waals surface area (Å²) in [5, 5.41) is 2.79. The number of nitrogens with zero attached hydrogens (tertiary/aromatic N) is 3. The number of sulfonamides is 1. The third-order valence-electron chi connectivity index (χ3n) is 3.84. The van der Waals surface area contributed by atoms with Gasteiger partial charge in [-0.2, -0.15) is 0 Å². The molecule has 0 fully saturated rings. The molecule has 0 saturated heterocycles. The molecule has 0 radical (unpaired) electrons. The van der Waals surface area contributed by atoms with E-state index in [1.807, 2.05) is 0 Å². The average Bonchev–Trinajstić information content (AvgIpc) is 2.93. The number of anilines is 1. The maximum absolute atomic E-state index is 12.4. The summed E-state index contributed by atoms with van der Waals surface area (Å²) >= 11 is 0. The number of carbonyl (C=O) groups is 1. The van der Waals surface area contributed by atoms with Crippen LogP contribution in [-0.4, -0.2) is 42.3 Å². The predicted octanol–water partition coefficient (Wildman–Crippen LogP) is 1.57. The number of aryl methyl sites for hydroxylation is 1. The van der Waals surface area contributed by atoms with Gasteiger partial charge in [-0.1, -0.05) is 0 Å². The molecule has 25 heavy (non-hydrogen) atoms. The molecule has 128 valence electrons. The van der Waals surface area contributed by atoms with Gasteiger partial charge in [0.05, 0.1) is 11.3 Å². The molecule has 2 aromatic rings. The second kappa shape index (κ2) is 5.55. The first kappa shape index (κ1) is 15.6. The molecule has 0 bridgehead atoms. The summed E-state index contributed by atoms with van der Waals surface area (Å²) in [6.45, 7) is 2.03. The first-order valence-corrected chi connectivity index (χ1v) is 9.18. The highest BCUT2D eigenvalue weighted by Crippen LogP contribution is 2.21. The van der Waals surface area contributed by atoms with Crippen LogP contribution in [0.3, 0.4) is 0 Å². The van der Waals surface area contributed by atoms with Crippen LogP contribution in [0.4, 0.5) is 5.69 Å². The van der Waals surface area contributed by atoms with E-state index < -0.39 is 10.0 Å². The highest BCUT2D eigenvalue weighted by atomic mass is 32.2. The van der Waals surface area contributed by atoms with Crippen LogP contribution >= 0.6 is 0 Å². The number of rotatable bonds is 2. The Labute approximate surface area is 143 Å². The Bertz CT molecular complexity index is 1080. The smallest absolute Gasteiger partial charge is 0.257 e. The largest absolute Gasteiger partial charge is 0.441 e. The van der Waals surface area contributed by atoms with Crippen molar-refractivity contribution in [2.45, 2.75) is 6.92 Å². The third-order valence-corrected chi connectivity index (χ3v) is 5.00. The Morgan fingerprint density at radius 3 is 3.00 bits per heavy atom. The summed E-state index contributed by atoms with van der Waals surface area (Å²) in [5.41, 5.74) is 2.32. The van der Waals surface area contributed by atoms with Crippen molar-refractivity contribution < 1.29 is 17.6 Å². The molecule has 0 unspecified atom stereocenters. The number of hydrogen-bond donors (Lipinski definition) is 1. The van der Waals surface area contributed by atoms with Gasteiger partial charge in [0.1, 0.15) is 11.4 Å². The van der Waals surface area contributed by atoms with Crippen LogP contribution in [0.5, 0.6) is 0 Å². The fourth-order valence-corrected chi connectivity index (χ4v) is 3.63. The molecule has 0 spiro atoms. The van der Waals surface area contributed by atoms with E-state index in [2.05, 4.69) is 14.7 Å². The number of oxazole rings is 1. The lowest BCUT2D eigenvalue weighted by molar-refractivity contribution is -0.112. The van der Waals surface area contributed by atoms with Crippen LogP contribution in [0.25, 0.3) is 11.1 Å². The van der Waals surface area contributed by atoms with E-state index >= 15 is 0 Å². The topological polar surface area (TPSA) is 105 Å². The van der Waals surface area contributed by atoms with E-state index in [0.717, 1.165) is 5.52 Å². The number of nitrogens with one attached hydrogen (secondary N) is 1. The molecule has 1 aromatic carbocycles. The van der Waals surface area contributed by atoms with Crippen molar-refractivity contribution in [3.8, 4) is 0 Å². The highest BCUT2D eigenvalue weighted by molar-refractivity contribution is 7.90. The lowest BCUT2D eigenvalue weighted by Crippen LogP contribution is -2.37. The summed E-state index contributed by atoms with van der Waals surface area (Å²) in [6, 6.07) is 5.23. The van der Waals surface area contributed by atoms with Crippen molar-refractivity contribution in [3.05, 3.63) is 48.0 Å². The van der Waals surface area contributed by atoms with E-state index in [4.69, 9.17) is 4.42 Å². The molecule has 1 amide bonds. The van der Waals surface area contributed by atoms with Crippen molar-refractivity contribution in [2.75, 3.05) is 17.6 Å². The summed E-state index contributed by atoms with van der Waals surface area (Å²) in [5.74, 6) is 0.501. The number of benzene rings is 1. The van der Waals surface area contributed by atoms with Gasteiger partial charge in [0, 0.05) is 31.4 Å². The molecule has 0 saturated carbocycles. The molecule has 8 nitrogen and oxygen atoms in total. The Kier molecular flexibility index (Phi) is 3.46. The molecule has 0 atom stereocenters. The van der Waals surface area contributed by atoms with Crippen molar-refractivity contribution in [2.24, 2.45) is 4.40 Å². The van der Waals surface area contributed by atoms with Crippen molar-refractivity contribution in [1.29, 1.82) is 0 Å². The molecule has 4 rings (SSSR count). The van der Waals surface area contributed by atoms with E-state index in [0.29, 0.717) is 28.6 Å². The quantitative estimate of drug-likeness (QED) is 0.874. The standard InChI is InChI=1S/C16H14N4O4S/c1-10-17-13-4-3-12(8-14(13)24-10)18-16(21)11-2-5-15-19-25(22,23)7-6-20(15)9-11/h2-5,8-9H,6-7H2,1H3,(H,18,21). The fourth-order valence-electron chi connectivity index (χ4n) is 2.66. The molecule has 9 heteroatoms. The van der Waals surface area contributed by atoms with Gasteiger partial charge < -0.3 is 14.6 Å². The lowest BCUT2D eigenvalue weighted by atomic mass is 10.1. The van der Waals surface area contributed by atoms with Crippen LogP contribution < -0.4 is 5.32 Å². The number of amides is 1. The van der Waals surface area contributed by atoms with Gasteiger partial charge in [0.2, 0.25) is 0 Å². The number of carbonyl (C=O) groups excluding carboxylic acids is 1. The number of aromatic nitrogens is 1. The molecule has 1 N–H and O–H groups in total. The first-order chi connectivity index (χ1) is 11.9. The Morgan fingerprint density at radius 1 is 1.32 bits per heavy atom. The summed E-state index contributed by atoms with van der Waals surface area (Å²) < 4.78 is 32.2. The van der Waals surface area contributed by atoms with E-state index in [1.54, 1.807) is 42.3 Å². The van der Waals surface area contributed by atoms with Gasteiger partial charge in [-0.05, 0) is 24.3 Å².